The third-order valence-electron chi connectivity index (χ3n) is 2.70. The lowest BCUT2D eigenvalue weighted by Gasteiger charge is -2.18. The van der Waals surface area contributed by atoms with Gasteiger partial charge in [0.25, 0.3) is 0 Å². The number of ether oxygens (including phenoxy) is 1. The number of aryl methyl sites for hydroxylation is 2. The summed E-state index contributed by atoms with van der Waals surface area (Å²) in [7, 11) is 1.74. The van der Waals surface area contributed by atoms with E-state index in [9.17, 15) is 0 Å². The van der Waals surface area contributed by atoms with E-state index in [1.54, 1.807) is 7.11 Å². The Labute approximate surface area is 104 Å². The van der Waals surface area contributed by atoms with Gasteiger partial charge in [0.05, 0.1) is 18.3 Å². The molecule has 0 aromatic carbocycles. The van der Waals surface area contributed by atoms with Gasteiger partial charge in [-0.25, -0.2) is 4.98 Å². The van der Waals surface area contributed by atoms with Crippen molar-refractivity contribution >= 4 is 5.95 Å². The highest BCUT2D eigenvalue weighted by molar-refractivity contribution is 5.30. The fourth-order valence-electron chi connectivity index (χ4n) is 2.00. The number of nitrogens with zero attached hydrogens (tertiary/aromatic N) is 2. The maximum atomic E-state index is 5.24. The fourth-order valence-corrected chi connectivity index (χ4v) is 2.00. The molecule has 4 heteroatoms. The molecule has 0 radical (unpaired) electrons. The second kappa shape index (κ2) is 7.33. The van der Waals surface area contributed by atoms with Gasteiger partial charge in [0.2, 0.25) is 5.95 Å². The number of nitrogens with one attached hydrogen (secondary N) is 1. The quantitative estimate of drug-likeness (QED) is 0.758. The van der Waals surface area contributed by atoms with Crippen LogP contribution in [-0.4, -0.2) is 29.3 Å². The lowest BCUT2D eigenvalue weighted by molar-refractivity contribution is 0.182. The molecule has 0 spiro atoms. The van der Waals surface area contributed by atoms with E-state index in [1.807, 2.05) is 6.92 Å². The monoisotopic (exact) mass is 239 g/mol. The SMILES string of the molecule is CCCC(COC)Nc1nc(C)cn1CCC. The molecule has 17 heavy (non-hydrogen) atoms. The molecule has 0 aliphatic rings. The van der Waals surface area contributed by atoms with Gasteiger partial charge in [0.15, 0.2) is 0 Å². The standard InChI is InChI=1S/C13H25N3O/c1-5-7-12(10-17-4)15-13-14-11(3)9-16(13)8-6-2/h9,12H,5-8,10H2,1-4H3,(H,14,15). The van der Waals surface area contributed by atoms with Gasteiger partial charge in [-0.3, -0.25) is 0 Å². The van der Waals surface area contributed by atoms with Crippen molar-refractivity contribution in [3.05, 3.63) is 11.9 Å². The summed E-state index contributed by atoms with van der Waals surface area (Å²) in [4.78, 5) is 4.53. The molecule has 0 saturated heterocycles. The molecule has 98 valence electrons. The average molecular weight is 239 g/mol. The van der Waals surface area contributed by atoms with Crippen molar-refractivity contribution in [1.29, 1.82) is 0 Å². The van der Waals surface area contributed by atoms with Gasteiger partial charge in [-0.2, -0.15) is 0 Å². The Kier molecular flexibility index (Phi) is 6.05. The number of rotatable bonds is 8. The summed E-state index contributed by atoms with van der Waals surface area (Å²) in [6, 6.07) is 0.349. The Balaban J connectivity index is 2.69. The van der Waals surface area contributed by atoms with E-state index < -0.39 is 0 Å². The molecule has 0 aliphatic carbocycles. The summed E-state index contributed by atoms with van der Waals surface area (Å²) in [5.41, 5.74) is 1.06. The Hall–Kier alpha value is -1.03. The molecule has 1 N–H and O–H groups in total. The third kappa shape index (κ3) is 4.38. The Bertz CT molecular complexity index is 316. The molecule has 1 atom stereocenters. The zero-order valence-electron chi connectivity index (χ0n) is 11.5. The van der Waals surface area contributed by atoms with Crippen molar-refractivity contribution < 1.29 is 4.74 Å². The zero-order valence-corrected chi connectivity index (χ0v) is 11.5. The molecule has 1 aromatic heterocycles. The van der Waals surface area contributed by atoms with Crippen LogP contribution in [0.2, 0.25) is 0 Å². The second-order valence-electron chi connectivity index (χ2n) is 4.48. The Morgan fingerprint density at radius 1 is 1.41 bits per heavy atom. The summed E-state index contributed by atoms with van der Waals surface area (Å²) in [6.45, 7) is 8.13. The molecule has 0 bridgehead atoms. The lowest BCUT2D eigenvalue weighted by Crippen LogP contribution is -2.26. The summed E-state index contributed by atoms with van der Waals surface area (Å²) in [5, 5.41) is 3.48. The number of imidazole rings is 1. The van der Waals surface area contributed by atoms with Crippen molar-refractivity contribution in [1.82, 2.24) is 9.55 Å². The van der Waals surface area contributed by atoms with Crippen LogP contribution in [-0.2, 0) is 11.3 Å². The first-order chi connectivity index (χ1) is 8.21. The number of aromatic nitrogens is 2. The van der Waals surface area contributed by atoms with Crippen LogP contribution in [0.1, 0.15) is 38.8 Å². The van der Waals surface area contributed by atoms with Gasteiger partial charge >= 0.3 is 0 Å². The van der Waals surface area contributed by atoms with E-state index in [1.165, 1.54) is 0 Å². The number of methoxy groups -OCH3 is 1. The smallest absolute Gasteiger partial charge is 0.203 e. The van der Waals surface area contributed by atoms with Crippen molar-refractivity contribution in [2.24, 2.45) is 0 Å². The number of hydrogen-bond acceptors (Lipinski definition) is 3. The van der Waals surface area contributed by atoms with E-state index in [-0.39, 0.29) is 0 Å². The van der Waals surface area contributed by atoms with Crippen LogP contribution >= 0.6 is 0 Å². The highest BCUT2D eigenvalue weighted by atomic mass is 16.5. The molecule has 1 unspecified atom stereocenters. The highest BCUT2D eigenvalue weighted by Gasteiger charge is 2.11. The summed E-state index contributed by atoms with van der Waals surface area (Å²) in [5.74, 6) is 0.972. The van der Waals surface area contributed by atoms with E-state index in [0.29, 0.717) is 6.04 Å². The van der Waals surface area contributed by atoms with Gasteiger partial charge in [-0.15, -0.1) is 0 Å². The lowest BCUT2D eigenvalue weighted by atomic mass is 10.2. The zero-order chi connectivity index (χ0) is 12.7. The molecule has 1 heterocycles. The van der Waals surface area contributed by atoms with Gasteiger partial charge in [-0.05, 0) is 19.8 Å². The average Bonchev–Trinajstić information content (AvgIpc) is 2.60. The third-order valence-corrected chi connectivity index (χ3v) is 2.70. The van der Waals surface area contributed by atoms with Gasteiger partial charge < -0.3 is 14.6 Å². The molecule has 0 amide bonds. The van der Waals surface area contributed by atoms with Crippen LogP contribution < -0.4 is 5.32 Å². The van der Waals surface area contributed by atoms with Gasteiger partial charge in [0.1, 0.15) is 0 Å². The maximum Gasteiger partial charge on any atom is 0.203 e. The topological polar surface area (TPSA) is 39.1 Å². The van der Waals surface area contributed by atoms with E-state index in [2.05, 4.69) is 34.9 Å². The summed E-state index contributed by atoms with van der Waals surface area (Å²) >= 11 is 0. The molecule has 4 nitrogen and oxygen atoms in total. The fraction of sp³-hybridized carbons (Fsp3) is 0.769. The van der Waals surface area contributed by atoms with E-state index in [0.717, 1.165) is 44.1 Å². The molecular weight excluding hydrogens is 214 g/mol. The van der Waals surface area contributed by atoms with Crippen molar-refractivity contribution in [3.63, 3.8) is 0 Å². The molecule has 0 saturated carbocycles. The van der Waals surface area contributed by atoms with Crippen molar-refractivity contribution in [2.45, 2.75) is 52.6 Å². The normalized spacial score (nSPS) is 12.7. The van der Waals surface area contributed by atoms with Crippen LogP contribution in [0.15, 0.2) is 6.20 Å². The second-order valence-corrected chi connectivity index (χ2v) is 4.48. The summed E-state index contributed by atoms with van der Waals surface area (Å²) < 4.78 is 7.42. The minimum atomic E-state index is 0.349. The molecular formula is C13H25N3O. The minimum Gasteiger partial charge on any atom is -0.383 e. The first-order valence-electron chi connectivity index (χ1n) is 6.50. The largest absolute Gasteiger partial charge is 0.383 e. The van der Waals surface area contributed by atoms with Crippen LogP contribution in [0.4, 0.5) is 5.95 Å². The number of anilines is 1. The van der Waals surface area contributed by atoms with Crippen LogP contribution in [0, 0.1) is 6.92 Å². The van der Waals surface area contributed by atoms with Crippen LogP contribution in [0.3, 0.4) is 0 Å². The predicted octanol–water partition coefficient (Wildman–Crippen LogP) is 2.83. The Morgan fingerprint density at radius 3 is 2.76 bits per heavy atom. The minimum absolute atomic E-state index is 0.349. The molecule has 0 aliphatic heterocycles. The maximum absolute atomic E-state index is 5.24. The molecule has 1 rings (SSSR count). The van der Waals surface area contributed by atoms with Crippen molar-refractivity contribution in [2.75, 3.05) is 19.0 Å². The first-order valence-corrected chi connectivity index (χ1v) is 6.50. The van der Waals surface area contributed by atoms with E-state index >= 15 is 0 Å². The molecule has 0 fully saturated rings. The van der Waals surface area contributed by atoms with Crippen LogP contribution in [0.25, 0.3) is 0 Å². The summed E-state index contributed by atoms with van der Waals surface area (Å²) in [6.07, 6.45) is 5.47. The van der Waals surface area contributed by atoms with Crippen molar-refractivity contribution in [3.8, 4) is 0 Å². The van der Waals surface area contributed by atoms with Crippen LogP contribution in [0.5, 0.6) is 0 Å². The Morgan fingerprint density at radius 2 is 2.18 bits per heavy atom. The van der Waals surface area contributed by atoms with E-state index in [4.69, 9.17) is 4.74 Å². The van der Waals surface area contributed by atoms with Gasteiger partial charge in [0, 0.05) is 19.9 Å². The molecule has 1 aromatic rings. The predicted molar refractivity (Wildman–Crippen MR) is 71.4 cm³/mol. The highest BCUT2D eigenvalue weighted by Crippen LogP contribution is 2.12. The van der Waals surface area contributed by atoms with Gasteiger partial charge in [-0.1, -0.05) is 20.3 Å². The number of hydrogen-bond donors (Lipinski definition) is 1. The first kappa shape index (κ1) is 14.0.